The van der Waals surface area contributed by atoms with Gasteiger partial charge < -0.3 is 15.2 Å². The summed E-state index contributed by atoms with van der Waals surface area (Å²) in [5, 5.41) is 4.19. The number of benzene rings is 3. The van der Waals surface area contributed by atoms with E-state index in [1.807, 2.05) is 56.3 Å². The number of carbonyl (C=O) groups excluding carboxylic acids is 1. The number of aromatic amines is 1. The summed E-state index contributed by atoms with van der Waals surface area (Å²) in [4.78, 5) is 18.6. The van der Waals surface area contributed by atoms with Crippen molar-refractivity contribution in [1.82, 2.24) is 9.88 Å². The van der Waals surface area contributed by atoms with Gasteiger partial charge in [-0.05, 0) is 66.8 Å². The molecule has 0 bridgehead atoms. The van der Waals surface area contributed by atoms with E-state index >= 15 is 0 Å². The Morgan fingerprint density at radius 3 is 2.53 bits per heavy atom. The van der Waals surface area contributed by atoms with Gasteiger partial charge in [0.05, 0.1) is 0 Å². The fourth-order valence-electron chi connectivity index (χ4n) is 4.88. The van der Waals surface area contributed by atoms with Crippen LogP contribution in [0.25, 0.3) is 10.9 Å². The molecule has 4 nitrogen and oxygen atoms in total. The van der Waals surface area contributed by atoms with Crippen LogP contribution in [0.3, 0.4) is 0 Å². The number of hydrogen-bond donors (Lipinski definition) is 2. The maximum Gasteiger partial charge on any atom is 0.321 e. The fraction of sp³-hybridized carbons (Fsp3) is 0.222. The molecule has 0 aliphatic carbocycles. The Morgan fingerprint density at radius 1 is 1.03 bits per heavy atom. The highest BCUT2D eigenvalue weighted by Crippen LogP contribution is 2.36. The summed E-state index contributed by atoms with van der Waals surface area (Å²) in [5.74, 6) is -0.523. The highest BCUT2D eigenvalue weighted by Gasteiger charge is 2.31. The first-order valence-corrected chi connectivity index (χ1v) is 11.0. The summed E-state index contributed by atoms with van der Waals surface area (Å²) >= 11 is 0. The Hall–Kier alpha value is -3.60. The summed E-state index contributed by atoms with van der Waals surface area (Å²) in [5.41, 5.74) is 6.79. The zero-order chi connectivity index (χ0) is 22.2. The Kier molecular flexibility index (Phi) is 5.17. The molecule has 0 unspecified atom stereocenters. The molecule has 1 aliphatic rings. The van der Waals surface area contributed by atoms with E-state index in [1.54, 1.807) is 11.0 Å². The van der Waals surface area contributed by atoms with Gasteiger partial charge in [-0.1, -0.05) is 42.5 Å². The fourth-order valence-corrected chi connectivity index (χ4v) is 4.88. The van der Waals surface area contributed by atoms with Gasteiger partial charge in [-0.15, -0.1) is 0 Å². The Bertz CT molecular complexity index is 1290. The minimum absolute atomic E-state index is 0.161. The average Bonchev–Trinajstić information content (AvgIpc) is 3.01. The van der Waals surface area contributed by atoms with E-state index in [1.165, 1.54) is 6.07 Å². The molecule has 1 aromatic heterocycles. The number of aromatic nitrogens is 1. The van der Waals surface area contributed by atoms with Crippen molar-refractivity contribution in [2.75, 3.05) is 18.4 Å². The third-order valence-electron chi connectivity index (χ3n) is 6.27. The van der Waals surface area contributed by atoms with E-state index in [0.717, 1.165) is 39.0 Å². The van der Waals surface area contributed by atoms with Crippen molar-refractivity contribution in [3.8, 4) is 0 Å². The molecule has 5 heteroatoms. The van der Waals surface area contributed by atoms with Gasteiger partial charge in [0.1, 0.15) is 5.82 Å². The summed E-state index contributed by atoms with van der Waals surface area (Å²) in [6, 6.07) is 20.9. The molecule has 32 heavy (non-hydrogen) atoms. The number of rotatable bonds is 2. The second-order valence-corrected chi connectivity index (χ2v) is 8.64. The normalized spacial score (nSPS) is 16.0. The minimum atomic E-state index is -0.272. The molecule has 0 radical (unpaired) electrons. The van der Waals surface area contributed by atoms with Gasteiger partial charge in [-0.25, -0.2) is 9.18 Å². The number of anilines is 1. The topological polar surface area (TPSA) is 48.1 Å². The average molecular weight is 428 g/mol. The molecule has 162 valence electrons. The predicted octanol–water partition coefficient (Wildman–Crippen LogP) is 6.15. The molecule has 0 saturated carbocycles. The van der Waals surface area contributed by atoms with Gasteiger partial charge in [0, 0.05) is 41.3 Å². The predicted molar refractivity (Wildman–Crippen MR) is 127 cm³/mol. The smallest absolute Gasteiger partial charge is 0.321 e. The SMILES string of the molecule is Cc1cc(C)cc(NC(=O)N2CCc3c([nH]c4ccccc34)[C@@H](c3ccccc3F)C2)c1. The van der Waals surface area contributed by atoms with Crippen molar-refractivity contribution < 1.29 is 9.18 Å². The number of aryl methyl sites for hydroxylation is 2. The summed E-state index contributed by atoms with van der Waals surface area (Å²) in [7, 11) is 0. The van der Waals surface area contributed by atoms with Crippen LogP contribution in [0.2, 0.25) is 0 Å². The second-order valence-electron chi connectivity index (χ2n) is 8.64. The van der Waals surface area contributed by atoms with Crippen LogP contribution >= 0.6 is 0 Å². The molecular weight excluding hydrogens is 401 g/mol. The van der Waals surface area contributed by atoms with E-state index in [9.17, 15) is 9.18 Å². The van der Waals surface area contributed by atoms with Gasteiger partial charge in [0.15, 0.2) is 0 Å². The number of para-hydroxylation sites is 1. The zero-order valence-electron chi connectivity index (χ0n) is 18.3. The molecular formula is C27H26FN3O. The molecule has 3 aromatic carbocycles. The number of urea groups is 1. The monoisotopic (exact) mass is 427 g/mol. The molecule has 0 fully saturated rings. The van der Waals surface area contributed by atoms with Crippen LogP contribution < -0.4 is 5.32 Å². The summed E-state index contributed by atoms with van der Waals surface area (Å²) < 4.78 is 14.9. The lowest BCUT2D eigenvalue weighted by atomic mass is 9.92. The van der Waals surface area contributed by atoms with Crippen molar-refractivity contribution in [1.29, 1.82) is 0 Å². The van der Waals surface area contributed by atoms with Crippen LogP contribution in [0.4, 0.5) is 14.9 Å². The first-order chi connectivity index (χ1) is 15.5. The van der Waals surface area contributed by atoms with Crippen LogP contribution in [0, 0.1) is 19.7 Å². The van der Waals surface area contributed by atoms with E-state index in [4.69, 9.17) is 0 Å². The number of halogens is 1. The van der Waals surface area contributed by atoms with Gasteiger partial charge in [-0.3, -0.25) is 0 Å². The lowest BCUT2D eigenvalue weighted by Crippen LogP contribution is -2.38. The van der Waals surface area contributed by atoms with Gasteiger partial charge in [0.25, 0.3) is 0 Å². The molecule has 1 atom stereocenters. The van der Waals surface area contributed by atoms with Crippen LogP contribution in [0.5, 0.6) is 0 Å². The van der Waals surface area contributed by atoms with Crippen molar-refractivity contribution >= 4 is 22.6 Å². The van der Waals surface area contributed by atoms with Crippen molar-refractivity contribution in [3.05, 3.63) is 100 Å². The first-order valence-electron chi connectivity index (χ1n) is 11.0. The number of amides is 2. The van der Waals surface area contributed by atoms with E-state index in [0.29, 0.717) is 25.1 Å². The molecule has 0 spiro atoms. The van der Waals surface area contributed by atoms with Gasteiger partial charge in [0.2, 0.25) is 0 Å². The number of carbonyl (C=O) groups is 1. The van der Waals surface area contributed by atoms with Crippen LogP contribution in [0.1, 0.15) is 33.9 Å². The third-order valence-corrected chi connectivity index (χ3v) is 6.27. The maximum atomic E-state index is 14.9. The van der Waals surface area contributed by atoms with Crippen molar-refractivity contribution in [3.63, 3.8) is 0 Å². The summed E-state index contributed by atoms with van der Waals surface area (Å²) in [6.07, 6.45) is 0.713. The van der Waals surface area contributed by atoms with E-state index in [-0.39, 0.29) is 17.8 Å². The molecule has 4 aromatic rings. The van der Waals surface area contributed by atoms with Crippen molar-refractivity contribution in [2.24, 2.45) is 0 Å². The van der Waals surface area contributed by atoms with Crippen LogP contribution in [-0.4, -0.2) is 29.0 Å². The molecule has 2 amide bonds. The van der Waals surface area contributed by atoms with E-state index in [2.05, 4.69) is 22.4 Å². The molecule has 0 saturated heterocycles. The molecule has 1 aliphatic heterocycles. The number of nitrogens with one attached hydrogen (secondary N) is 2. The lowest BCUT2D eigenvalue weighted by molar-refractivity contribution is 0.212. The Morgan fingerprint density at radius 2 is 1.75 bits per heavy atom. The number of nitrogens with zero attached hydrogens (tertiary/aromatic N) is 1. The zero-order valence-corrected chi connectivity index (χ0v) is 18.3. The molecule has 2 heterocycles. The number of fused-ring (bicyclic) bond motifs is 3. The molecule has 5 rings (SSSR count). The largest absolute Gasteiger partial charge is 0.358 e. The van der Waals surface area contributed by atoms with Gasteiger partial charge >= 0.3 is 6.03 Å². The van der Waals surface area contributed by atoms with Crippen LogP contribution in [-0.2, 0) is 6.42 Å². The standard InChI is InChI=1S/C27H26FN3O/c1-17-13-18(2)15-19(14-17)29-27(32)31-12-11-22-21-8-4-6-10-25(21)30-26(22)23(16-31)20-7-3-5-9-24(20)28/h3-10,13-15,23,30H,11-12,16H2,1-2H3,(H,29,32)/t23-/m1/s1. The number of hydrogen-bond acceptors (Lipinski definition) is 1. The number of H-pyrrole nitrogens is 1. The minimum Gasteiger partial charge on any atom is -0.358 e. The first kappa shape index (κ1) is 20.3. The van der Waals surface area contributed by atoms with Crippen molar-refractivity contribution in [2.45, 2.75) is 26.2 Å². The van der Waals surface area contributed by atoms with Gasteiger partial charge in [-0.2, -0.15) is 0 Å². The summed E-state index contributed by atoms with van der Waals surface area (Å²) in [6.45, 7) is 4.99. The van der Waals surface area contributed by atoms with E-state index < -0.39 is 0 Å². The molecule has 2 N–H and O–H groups in total. The highest BCUT2D eigenvalue weighted by molar-refractivity contribution is 5.90. The second kappa shape index (κ2) is 8.15. The quantitative estimate of drug-likeness (QED) is 0.396. The maximum absolute atomic E-state index is 14.9. The third kappa shape index (κ3) is 3.75. The Balaban J connectivity index is 1.52. The lowest BCUT2D eigenvalue weighted by Gasteiger charge is -2.26. The Labute approximate surface area is 187 Å². The van der Waals surface area contributed by atoms with Crippen LogP contribution in [0.15, 0.2) is 66.7 Å². The highest BCUT2D eigenvalue weighted by atomic mass is 19.1.